The molecule has 1 saturated heterocycles. The lowest BCUT2D eigenvalue weighted by atomic mass is 9.95. The van der Waals surface area contributed by atoms with Gasteiger partial charge in [-0.15, -0.1) is 0 Å². The first-order chi connectivity index (χ1) is 16.4. The van der Waals surface area contributed by atoms with Crippen molar-refractivity contribution >= 4 is 17.4 Å². The molecule has 8 nitrogen and oxygen atoms in total. The van der Waals surface area contributed by atoms with Crippen molar-refractivity contribution in [2.75, 3.05) is 37.7 Å². The largest absolute Gasteiger partial charge is 0.383 e. The van der Waals surface area contributed by atoms with Gasteiger partial charge in [0.25, 0.3) is 0 Å². The maximum atomic E-state index is 15.2. The number of hydrogen-bond donors (Lipinski definition) is 2. The number of nitrogens with one attached hydrogen (secondary N) is 2. The number of anilines is 1. The fraction of sp³-hybridized carbons (Fsp3) is 0.480. The number of hydrogen-bond acceptors (Lipinski definition) is 5. The highest BCUT2D eigenvalue weighted by Crippen LogP contribution is 2.35. The molecule has 0 spiro atoms. The van der Waals surface area contributed by atoms with Crippen molar-refractivity contribution < 1.29 is 13.9 Å². The second-order valence-corrected chi connectivity index (χ2v) is 9.32. The molecule has 34 heavy (non-hydrogen) atoms. The number of rotatable bonds is 4. The summed E-state index contributed by atoms with van der Waals surface area (Å²) >= 11 is 0. The molecule has 180 valence electrons. The summed E-state index contributed by atoms with van der Waals surface area (Å²) in [6, 6.07) is 3.66. The van der Waals surface area contributed by atoms with Gasteiger partial charge in [0.05, 0.1) is 25.4 Å². The van der Waals surface area contributed by atoms with Gasteiger partial charge in [0.1, 0.15) is 11.7 Å². The molecular weight excluding hydrogens is 435 g/mol. The van der Waals surface area contributed by atoms with Crippen LogP contribution >= 0.6 is 0 Å². The molecule has 0 radical (unpaired) electrons. The Kier molecular flexibility index (Phi) is 6.12. The lowest BCUT2D eigenvalue weighted by Crippen LogP contribution is -2.46. The van der Waals surface area contributed by atoms with E-state index in [1.54, 1.807) is 35.0 Å². The lowest BCUT2D eigenvalue weighted by molar-refractivity contribution is -0.128. The smallest absolute Gasteiger partial charge is 0.219 e. The van der Waals surface area contributed by atoms with Gasteiger partial charge < -0.3 is 19.9 Å². The summed E-state index contributed by atoms with van der Waals surface area (Å²) in [6.07, 6.45) is 6.77. The Balaban J connectivity index is 1.49. The Labute approximate surface area is 198 Å². The van der Waals surface area contributed by atoms with Gasteiger partial charge in [-0.1, -0.05) is 0 Å². The van der Waals surface area contributed by atoms with E-state index in [1.807, 2.05) is 18.0 Å². The van der Waals surface area contributed by atoms with Gasteiger partial charge in [0.15, 0.2) is 0 Å². The van der Waals surface area contributed by atoms with Gasteiger partial charge in [0, 0.05) is 74.4 Å². The normalized spacial score (nSPS) is 20.5. The van der Waals surface area contributed by atoms with Gasteiger partial charge in [-0.25, -0.2) is 4.39 Å². The molecule has 5 rings (SSSR count). The molecule has 2 N–H and O–H groups in total. The lowest BCUT2D eigenvalue weighted by Gasteiger charge is -2.37. The molecule has 3 aliphatic rings. The predicted molar refractivity (Wildman–Crippen MR) is 128 cm³/mol. The number of fused-ring (bicyclic) bond motifs is 1. The third kappa shape index (κ3) is 4.32. The molecule has 0 unspecified atom stereocenters. The molecule has 1 amide bonds. The van der Waals surface area contributed by atoms with E-state index in [9.17, 15) is 4.79 Å². The summed E-state index contributed by atoms with van der Waals surface area (Å²) in [5, 5.41) is 16.9. The van der Waals surface area contributed by atoms with Gasteiger partial charge in [0.2, 0.25) is 5.91 Å². The molecule has 9 heteroatoms. The molecule has 4 heterocycles. The van der Waals surface area contributed by atoms with Gasteiger partial charge in [-0.3, -0.25) is 14.9 Å². The summed E-state index contributed by atoms with van der Waals surface area (Å²) in [7, 11) is 1.81. The van der Waals surface area contributed by atoms with Crippen molar-refractivity contribution in [1.82, 2.24) is 20.0 Å². The topological polar surface area (TPSA) is 86.5 Å². The molecule has 1 aromatic heterocycles. The summed E-state index contributed by atoms with van der Waals surface area (Å²) in [4.78, 5) is 15.8. The number of amidine groups is 1. The van der Waals surface area contributed by atoms with E-state index in [0.29, 0.717) is 44.1 Å². The third-order valence-corrected chi connectivity index (χ3v) is 6.96. The molecule has 1 aromatic carbocycles. The third-order valence-electron chi connectivity index (χ3n) is 6.96. The second kappa shape index (κ2) is 9.21. The number of nitrogens with zero attached hydrogens (tertiary/aromatic N) is 4. The SMILES string of the molecule is CC(=O)N1CCC(N[C@H]2CCOC2)=C(C(=N)N2CCCc3cc(-c4cnn(C)c4)c(F)cc32)C1. The molecule has 2 aromatic rings. The number of amides is 1. The highest BCUT2D eigenvalue weighted by atomic mass is 19.1. The van der Waals surface area contributed by atoms with E-state index >= 15 is 4.39 Å². The first-order valence-corrected chi connectivity index (χ1v) is 11.9. The van der Waals surface area contributed by atoms with E-state index in [-0.39, 0.29) is 17.8 Å². The fourth-order valence-corrected chi connectivity index (χ4v) is 5.09. The minimum Gasteiger partial charge on any atom is -0.383 e. The highest BCUT2D eigenvalue weighted by Gasteiger charge is 2.31. The van der Waals surface area contributed by atoms with E-state index in [2.05, 4.69) is 10.4 Å². The number of halogens is 1. The van der Waals surface area contributed by atoms with Gasteiger partial charge in [-0.2, -0.15) is 5.10 Å². The number of ether oxygens (including phenoxy) is 1. The average molecular weight is 467 g/mol. The zero-order chi connectivity index (χ0) is 23.8. The van der Waals surface area contributed by atoms with Crippen molar-refractivity contribution in [1.29, 1.82) is 5.41 Å². The van der Waals surface area contributed by atoms with Crippen molar-refractivity contribution in [3.05, 3.63) is 47.2 Å². The fourth-order valence-electron chi connectivity index (χ4n) is 5.09. The van der Waals surface area contributed by atoms with Crippen LogP contribution in [-0.4, -0.2) is 65.3 Å². The van der Waals surface area contributed by atoms with Crippen molar-refractivity contribution in [2.45, 2.75) is 38.6 Å². The zero-order valence-electron chi connectivity index (χ0n) is 19.7. The van der Waals surface area contributed by atoms with Crippen LogP contribution in [0.1, 0.15) is 31.7 Å². The Bertz CT molecular complexity index is 1150. The minimum absolute atomic E-state index is 0.000231. The van der Waals surface area contributed by atoms with Crippen LogP contribution in [0.25, 0.3) is 11.1 Å². The number of carbonyl (C=O) groups is 1. The first-order valence-electron chi connectivity index (χ1n) is 11.9. The molecular formula is C25H31FN6O2. The Hall–Kier alpha value is -3.20. The number of aromatic nitrogens is 2. The second-order valence-electron chi connectivity index (χ2n) is 9.32. The van der Waals surface area contributed by atoms with Crippen LogP contribution in [0.2, 0.25) is 0 Å². The summed E-state index contributed by atoms with van der Waals surface area (Å²) in [5.74, 6) is 0.0116. The standard InChI is InChI=1S/C25H31FN6O2/c1-16(33)31-8-5-23(29-19-6-9-34-15-19)21(14-31)25(27)32-7-3-4-17-10-20(22(26)11-24(17)32)18-12-28-30(2)13-18/h10-13,19,27,29H,3-9,14-15H2,1-2H3/t19-/m0/s1. The molecule has 0 saturated carbocycles. The predicted octanol–water partition coefficient (Wildman–Crippen LogP) is 2.84. The minimum atomic E-state index is -0.323. The summed E-state index contributed by atoms with van der Waals surface area (Å²) in [6.45, 7) is 4.59. The number of carbonyl (C=O) groups excluding carboxylic acids is 1. The average Bonchev–Trinajstić information content (AvgIpc) is 3.49. The Morgan fingerprint density at radius 3 is 2.85 bits per heavy atom. The van der Waals surface area contributed by atoms with Crippen LogP contribution in [0.15, 0.2) is 35.8 Å². The van der Waals surface area contributed by atoms with E-state index < -0.39 is 0 Å². The highest BCUT2D eigenvalue weighted by molar-refractivity contribution is 6.09. The van der Waals surface area contributed by atoms with Crippen molar-refractivity contribution in [3.63, 3.8) is 0 Å². The van der Waals surface area contributed by atoms with Crippen molar-refractivity contribution in [2.24, 2.45) is 7.05 Å². The van der Waals surface area contributed by atoms with Crippen LogP contribution in [0.3, 0.4) is 0 Å². The summed E-state index contributed by atoms with van der Waals surface area (Å²) in [5.41, 5.74) is 4.83. The zero-order valence-corrected chi connectivity index (χ0v) is 19.7. The van der Waals surface area contributed by atoms with Crippen LogP contribution < -0.4 is 10.2 Å². The number of benzene rings is 1. The molecule has 3 aliphatic heterocycles. The molecule has 0 bridgehead atoms. The maximum Gasteiger partial charge on any atom is 0.219 e. The first kappa shape index (κ1) is 22.6. The number of aryl methyl sites for hydroxylation is 2. The van der Waals surface area contributed by atoms with E-state index in [0.717, 1.165) is 54.0 Å². The van der Waals surface area contributed by atoms with E-state index in [4.69, 9.17) is 10.1 Å². The van der Waals surface area contributed by atoms with Gasteiger partial charge in [-0.05, 0) is 37.0 Å². The summed E-state index contributed by atoms with van der Waals surface area (Å²) < 4.78 is 22.4. The van der Waals surface area contributed by atoms with Crippen LogP contribution in [0, 0.1) is 11.2 Å². The molecule has 1 atom stereocenters. The molecule has 1 fully saturated rings. The maximum absolute atomic E-state index is 15.2. The Morgan fingerprint density at radius 1 is 1.29 bits per heavy atom. The van der Waals surface area contributed by atoms with Gasteiger partial charge >= 0.3 is 0 Å². The monoisotopic (exact) mass is 466 g/mol. The molecule has 0 aliphatic carbocycles. The van der Waals surface area contributed by atoms with E-state index in [1.165, 1.54) is 0 Å². The Morgan fingerprint density at radius 2 is 2.15 bits per heavy atom. The van der Waals surface area contributed by atoms with Crippen molar-refractivity contribution in [3.8, 4) is 11.1 Å². The quantitative estimate of drug-likeness (QED) is 0.535. The van der Waals surface area contributed by atoms with Crippen LogP contribution in [0.5, 0.6) is 0 Å². The van der Waals surface area contributed by atoms with Crippen LogP contribution in [-0.2, 0) is 23.0 Å². The van der Waals surface area contributed by atoms with Crippen LogP contribution in [0.4, 0.5) is 10.1 Å².